The SMILES string of the molecule is O=C(COC(=O)c1ccc(S(=O)(=O)Nc2ccccc2)cc1)NCc1ccc(F)cc1. The van der Waals surface area contributed by atoms with E-state index in [0.717, 1.165) is 0 Å². The average molecular weight is 442 g/mol. The number of anilines is 1. The third kappa shape index (κ3) is 6.38. The summed E-state index contributed by atoms with van der Waals surface area (Å²) < 4.78 is 45.1. The molecule has 0 aliphatic rings. The van der Waals surface area contributed by atoms with Crippen LogP contribution >= 0.6 is 0 Å². The molecule has 0 aliphatic heterocycles. The van der Waals surface area contributed by atoms with E-state index >= 15 is 0 Å². The summed E-state index contributed by atoms with van der Waals surface area (Å²) in [5, 5.41) is 2.55. The maximum Gasteiger partial charge on any atom is 0.338 e. The van der Waals surface area contributed by atoms with Crippen molar-refractivity contribution < 1.29 is 27.1 Å². The lowest BCUT2D eigenvalue weighted by molar-refractivity contribution is -0.124. The number of carbonyl (C=O) groups excluding carboxylic acids is 2. The van der Waals surface area contributed by atoms with E-state index in [0.29, 0.717) is 11.3 Å². The van der Waals surface area contributed by atoms with E-state index in [9.17, 15) is 22.4 Å². The maximum atomic E-state index is 12.9. The van der Waals surface area contributed by atoms with E-state index in [1.807, 2.05) is 0 Å². The quantitative estimate of drug-likeness (QED) is 0.522. The van der Waals surface area contributed by atoms with E-state index in [2.05, 4.69) is 10.0 Å². The first kappa shape index (κ1) is 22.0. The number of benzene rings is 3. The molecule has 0 bridgehead atoms. The molecule has 0 spiro atoms. The van der Waals surface area contributed by atoms with Gasteiger partial charge in [-0.15, -0.1) is 0 Å². The third-order valence-corrected chi connectivity index (χ3v) is 5.56. The molecule has 0 heterocycles. The number of sulfonamides is 1. The molecule has 3 aromatic carbocycles. The predicted octanol–water partition coefficient (Wildman–Crippen LogP) is 3.10. The monoisotopic (exact) mass is 442 g/mol. The predicted molar refractivity (Wildman–Crippen MR) is 112 cm³/mol. The average Bonchev–Trinajstić information content (AvgIpc) is 2.77. The molecule has 7 nitrogen and oxygen atoms in total. The molecule has 0 atom stereocenters. The normalized spacial score (nSPS) is 10.9. The highest BCUT2D eigenvalue weighted by atomic mass is 32.2. The number of hydrogen-bond acceptors (Lipinski definition) is 5. The van der Waals surface area contributed by atoms with Crippen LogP contribution in [0.1, 0.15) is 15.9 Å². The molecule has 0 saturated heterocycles. The molecular weight excluding hydrogens is 423 g/mol. The molecule has 3 rings (SSSR count). The van der Waals surface area contributed by atoms with Gasteiger partial charge in [0.15, 0.2) is 6.61 Å². The molecule has 1 amide bonds. The van der Waals surface area contributed by atoms with Crippen molar-refractivity contribution in [3.8, 4) is 0 Å². The minimum absolute atomic E-state index is 0.0232. The van der Waals surface area contributed by atoms with Crippen molar-refractivity contribution in [3.63, 3.8) is 0 Å². The van der Waals surface area contributed by atoms with Gasteiger partial charge in [0.2, 0.25) is 0 Å². The number of amides is 1. The second-order valence-electron chi connectivity index (χ2n) is 6.48. The van der Waals surface area contributed by atoms with Crippen LogP contribution in [0, 0.1) is 5.82 Å². The minimum Gasteiger partial charge on any atom is -0.452 e. The van der Waals surface area contributed by atoms with Crippen LogP contribution in [0.15, 0.2) is 83.8 Å². The van der Waals surface area contributed by atoms with Crippen LogP contribution in [0.2, 0.25) is 0 Å². The Morgan fingerprint density at radius 3 is 2.16 bits per heavy atom. The van der Waals surface area contributed by atoms with Gasteiger partial charge in [0.25, 0.3) is 15.9 Å². The van der Waals surface area contributed by atoms with Crippen LogP contribution in [0.25, 0.3) is 0 Å². The van der Waals surface area contributed by atoms with E-state index in [4.69, 9.17) is 4.74 Å². The lowest BCUT2D eigenvalue weighted by atomic mass is 10.2. The first-order chi connectivity index (χ1) is 14.8. The number of nitrogens with one attached hydrogen (secondary N) is 2. The van der Waals surface area contributed by atoms with Gasteiger partial charge in [-0.1, -0.05) is 30.3 Å². The van der Waals surface area contributed by atoms with E-state index < -0.39 is 28.5 Å². The zero-order valence-electron chi connectivity index (χ0n) is 16.2. The number of carbonyl (C=O) groups is 2. The largest absolute Gasteiger partial charge is 0.452 e. The second kappa shape index (κ2) is 9.86. The van der Waals surface area contributed by atoms with Crippen molar-refractivity contribution in [1.82, 2.24) is 5.32 Å². The first-order valence-corrected chi connectivity index (χ1v) is 10.7. The minimum atomic E-state index is -3.81. The molecule has 0 unspecified atom stereocenters. The Hall–Kier alpha value is -3.72. The van der Waals surface area contributed by atoms with E-state index in [1.165, 1.54) is 48.5 Å². The molecular formula is C22H19FN2O5S. The van der Waals surface area contributed by atoms with Crippen LogP contribution in [0.5, 0.6) is 0 Å². The molecule has 31 heavy (non-hydrogen) atoms. The van der Waals surface area contributed by atoms with Crippen molar-refractivity contribution in [2.45, 2.75) is 11.4 Å². The van der Waals surface area contributed by atoms with Crippen LogP contribution in [-0.4, -0.2) is 26.9 Å². The van der Waals surface area contributed by atoms with Crippen LogP contribution < -0.4 is 10.0 Å². The number of halogens is 1. The first-order valence-electron chi connectivity index (χ1n) is 9.20. The number of para-hydroxylation sites is 1. The fraction of sp³-hybridized carbons (Fsp3) is 0.0909. The molecule has 0 aliphatic carbocycles. The standard InChI is InChI=1S/C22H19FN2O5S/c23-18-10-6-16(7-11-18)14-24-21(26)15-30-22(27)17-8-12-20(13-9-17)31(28,29)25-19-4-2-1-3-5-19/h1-13,25H,14-15H2,(H,24,26). The number of esters is 1. The molecule has 160 valence electrons. The van der Waals surface area contributed by atoms with Crippen LogP contribution in [0.4, 0.5) is 10.1 Å². The Kier molecular flexibility index (Phi) is 6.99. The summed E-state index contributed by atoms with van der Waals surface area (Å²) >= 11 is 0. The smallest absolute Gasteiger partial charge is 0.338 e. The third-order valence-electron chi connectivity index (χ3n) is 4.16. The lowest BCUT2D eigenvalue weighted by Gasteiger charge is -2.09. The molecule has 0 saturated carbocycles. The molecule has 0 fully saturated rings. The van der Waals surface area contributed by atoms with Gasteiger partial charge < -0.3 is 10.1 Å². The highest BCUT2D eigenvalue weighted by Gasteiger charge is 2.16. The van der Waals surface area contributed by atoms with Gasteiger partial charge >= 0.3 is 5.97 Å². The Balaban J connectivity index is 1.51. The maximum absolute atomic E-state index is 12.9. The molecule has 3 aromatic rings. The zero-order valence-corrected chi connectivity index (χ0v) is 17.1. The van der Waals surface area contributed by atoms with Crippen molar-refractivity contribution in [1.29, 1.82) is 0 Å². The van der Waals surface area contributed by atoms with E-state index in [-0.39, 0.29) is 22.8 Å². The Bertz CT molecular complexity index is 1150. The molecule has 9 heteroatoms. The van der Waals surface area contributed by atoms with Gasteiger partial charge in [-0.05, 0) is 54.1 Å². The molecule has 0 radical (unpaired) electrons. The summed E-state index contributed by atoms with van der Waals surface area (Å²) in [5.74, 6) is -1.67. The lowest BCUT2D eigenvalue weighted by Crippen LogP contribution is -2.28. The number of rotatable bonds is 8. The highest BCUT2D eigenvalue weighted by molar-refractivity contribution is 7.92. The van der Waals surface area contributed by atoms with Crippen molar-refractivity contribution in [2.24, 2.45) is 0 Å². The summed E-state index contributed by atoms with van der Waals surface area (Å²) in [4.78, 5) is 23.9. The zero-order chi connectivity index (χ0) is 22.3. The molecule has 0 aromatic heterocycles. The summed E-state index contributed by atoms with van der Waals surface area (Å²) in [6.07, 6.45) is 0. The summed E-state index contributed by atoms with van der Waals surface area (Å²) in [6.45, 7) is -0.340. The Morgan fingerprint density at radius 1 is 0.871 bits per heavy atom. The van der Waals surface area contributed by atoms with Gasteiger partial charge in [-0.3, -0.25) is 9.52 Å². The van der Waals surface area contributed by atoms with Gasteiger partial charge in [-0.25, -0.2) is 17.6 Å². The van der Waals surface area contributed by atoms with Gasteiger partial charge in [0, 0.05) is 12.2 Å². The highest BCUT2D eigenvalue weighted by Crippen LogP contribution is 2.16. The summed E-state index contributed by atoms with van der Waals surface area (Å²) in [5.41, 5.74) is 1.21. The van der Waals surface area contributed by atoms with Crippen molar-refractivity contribution in [3.05, 3.63) is 95.8 Å². The summed E-state index contributed by atoms with van der Waals surface area (Å²) in [7, 11) is -3.81. The van der Waals surface area contributed by atoms with Crippen molar-refractivity contribution in [2.75, 3.05) is 11.3 Å². The van der Waals surface area contributed by atoms with E-state index in [1.54, 1.807) is 30.3 Å². The van der Waals surface area contributed by atoms with Gasteiger partial charge in [0.1, 0.15) is 5.82 Å². The Labute approximate surface area is 178 Å². The van der Waals surface area contributed by atoms with Crippen molar-refractivity contribution >= 4 is 27.6 Å². The second-order valence-corrected chi connectivity index (χ2v) is 8.16. The molecule has 2 N–H and O–H groups in total. The van der Waals surface area contributed by atoms with Crippen LogP contribution in [0.3, 0.4) is 0 Å². The van der Waals surface area contributed by atoms with Gasteiger partial charge in [-0.2, -0.15) is 0 Å². The van der Waals surface area contributed by atoms with Gasteiger partial charge in [0.05, 0.1) is 10.5 Å². The summed E-state index contributed by atoms with van der Waals surface area (Å²) in [6, 6.07) is 19.2. The Morgan fingerprint density at radius 2 is 1.52 bits per heavy atom. The number of hydrogen-bond donors (Lipinski definition) is 2. The fourth-order valence-electron chi connectivity index (χ4n) is 2.56. The van der Waals surface area contributed by atoms with Crippen LogP contribution in [-0.2, 0) is 26.1 Å². The number of ether oxygens (including phenoxy) is 1. The topological polar surface area (TPSA) is 102 Å². The fourth-order valence-corrected chi connectivity index (χ4v) is 3.62.